The van der Waals surface area contributed by atoms with Crippen molar-refractivity contribution in [3.8, 4) is 0 Å². The topological polar surface area (TPSA) is 82.2 Å². The molecular formula is C25H30ClFN4O4. The van der Waals surface area contributed by atoms with Gasteiger partial charge in [-0.05, 0) is 42.8 Å². The molecule has 1 N–H and O–H groups in total. The van der Waals surface area contributed by atoms with Gasteiger partial charge in [-0.25, -0.2) is 9.18 Å². The van der Waals surface area contributed by atoms with Crippen molar-refractivity contribution in [2.45, 2.75) is 13.5 Å². The lowest BCUT2D eigenvalue weighted by atomic mass is 10.1. The average molecular weight is 505 g/mol. The fourth-order valence-electron chi connectivity index (χ4n) is 3.77. The van der Waals surface area contributed by atoms with Crippen LogP contribution in [0.25, 0.3) is 0 Å². The molecule has 8 nitrogen and oxygen atoms in total. The lowest BCUT2D eigenvalue weighted by molar-refractivity contribution is -0.141. The largest absolute Gasteiger partial charge is 0.465 e. The van der Waals surface area contributed by atoms with Crippen LogP contribution in [-0.2, 0) is 16.1 Å². The molecule has 0 saturated carbocycles. The molecule has 1 saturated heterocycles. The number of halogens is 2. The van der Waals surface area contributed by atoms with Crippen LogP contribution in [-0.4, -0.2) is 85.0 Å². The highest BCUT2D eigenvalue weighted by atomic mass is 35.5. The van der Waals surface area contributed by atoms with Gasteiger partial charge in [-0.3, -0.25) is 14.5 Å². The molecule has 188 valence electrons. The van der Waals surface area contributed by atoms with E-state index in [1.54, 1.807) is 53.1 Å². The second kappa shape index (κ2) is 13.1. The summed E-state index contributed by atoms with van der Waals surface area (Å²) in [4.78, 5) is 42.5. The predicted octanol–water partition coefficient (Wildman–Crippen LogP) is 3.01. The molecule has 1 heterocycles. The van der Waals surface area contributed by atoms with E-state index in [1.807, 2.05) is 0 Å². The minimum Gasteiger partial charge on any atom is -0.465 e. The van der Waals surface area contributed by atoms with Crippen LogP contribution in [0.5, 0.6) is 0 Å². The van der Waals surface area contributed by atoms with Crippen LogP contribution in [0.1, 0.15) is 22.8 Å². The maximum atomic E-state index is 13.3. The van der Waals surface area contributed by atoms with E-state index in [1.165, 1.54) is 12.1 Å². The Morgan fingerprint density at radius 2 is 1.80 bits per heavy atom. The number of hydrogen-bond donors (Lipinski definition) is 1. The molecule has 0 aromatic heterocycles. The van der Waals surface area contributed by atoms with Gasteiger partial charge in [0.2, 0.25) is 0 Å². The second-order valence-corrected chi connectivity index (χ2v) is 8.59. The monoisotopic (exact) mass is 504 g/mol. The van der Waals surface area contributed by atoms with Gasteiger partial charge in [-0.2, -0.15) is 0 Å². The quantitative estimate of drug-likeness (QED) is 0.531. The van der Waals surface area contributed by atoms with Crippen LogP contribution in [0.3, 0.4) is 0 Å². The van der Waals surface area contributed by atoms with Crippen molar-refractivity contribution in [1.29, 1.82) is 0 Å². The standard InChI is InChI=1S/C25H30ClFN4O4/c1-2-35-23(32)17-28-25(34)30-13-10-29(11-14-30)12-15-31(18-19-6-8-22(27)9-7-19)24(33)20-4-3-5-21(26)16-20/h3-9,16H,2,10-15,17-18H2,1H3,(H,28,34). The molecule has 1 aliphatic rings. The van der Waals surface area contributed by atoms with Crippen LogP contribution < -0.4 is 5.32 Å². The summed E-state index contributed by atoms with van der Waals surface area (Å²) in [6, 6.07) is 12.6. The van der Waals surface area contributed by atoms with Crippen molar-refractivity contribution in [3.05, 3.63) is 70.5 Å². The van der Waals surface area contributed by atoms with E-state index in [0.29, 0.717) is 56.4 Å². The molecule has 0 atom stereocenters. The van der Waals surface area contributed by atoms with E-state index in [-0.39, 0.29) is 30.9 Å². The van der Waals surface area contributed by atoms with E-state index in [2.05, 4.69) is 10.2 Å². The summed E-state index contributed by atoms with van der Waals surface area (Å²) in [5.74, 6) is -0.954. The molecule has 1 aliphatic heterocycles. The molecule has 0 bridgehead atoms. The number of amides is 3. The van der Waals surface area contributed by atoms with E-state index < -0.39 is 5.97 Å². The first-order chi connectivity index (χ1) is 16.9. The predicted molar refractivity (Wildman–Crippen MR) is 131 cm³/mol. The molecule has 10 heteroatoms. The normalized spacial score (nSPS) is 13.9. The number of nitrogens with zero attached hydrogens (tertiary/aromatic N) is 3. The Morgan fingerprint density at radius 1 is 1.09 bits per heavy atom. The van der Waals surface area contributed by atoms with Gasteiger partial charge in [0, 0.05) is 56.4 Å². The highest BCUT2D eigenvalue weighted by Gasteiger charge is 2.23. The Morgan fingerprint density at radius 3 is 2.46 bits per heavy atom. The lowest BCUT2D eigenvalue weighted by Gasteiger charge is -2.35. The summed E-state index contributed by atoms with van der Waals surface area (Å²) in [6.45, 7) is 5.53. The first-order valence-electron chi connectivity index (χ1n) is 11.6. The van der Waals surface area contributed by atoms with Crippen LogP contribution in [0.15, 0.2) is 48.5 Å². The van der Waals surface area contributed by atoms with Gasteiger partial charge in [0.05, 0.1) is 6.61 Å². The lowest BCUT2D eigenvalue weighted by Crippen LogP contribution is -2.53. The number of rotatable bonds is 9. The van der Waals surface area contributed by atoms with Crippen molar-refractivity contribution < 1.29 is 23.5 Å². The van der Waals surface area contributed by atoms with Gasteiger partial charge < -0.3 is 19.9 Å². The van der Waals surface area contributed by atoms with E-state index in [9.17, 15) is 18.8 Å². The second-order valence-electron chi connectivity index (χ2n) is 8.16. The molecule has 1 fully saturated rings. The fraction of sp³-hybridized carbons (Fsp3) is 0.400. The van der Waals surface area contributed by atoms with Crippen LogP contribution in [0, 0.1) is 5.82 Å². The molecule has 0 spiro atoms. The van der Waals surface area contributed by atoms with E-state index in [0.717, 1.165) is 5.56 Å². The number of piperazine rings is 1. The van der Waals surface area contributed by atoms with Crippen LogP contribution >= 0.6 is 11.6 Å². The first-order valence-corrected chi connectivity index (χ1v) is 11.9. The SMILES string of the molecule is CCOC(=O)CNC(=O)N1CCN(CCN(Cc2ccc(F)cc2)C(=O)c2cccc(Cl)c2)CC1. The summed E-state index contributed by atoms with van der Waals surface area (Å²) in [5.41, 5.74) is 1.31. The van der Waals surface area contributed by atoms with Gasteiger partial charge >= 0.3 is 12.0 Å². The molecule has 3 amide bonds. The molecular weight excluding hydrogens is 475 g/mol. The summed E-state index contributed by atoms with van der Waals surface area (Å²) in [6.07, 6.45) is 0. The number of nitrogens with one attached hydrogen (secondary N) is 1. The number of benzene rings is 2. The van der Waals surface area contributed by atoms with E-state index >= 15 is 0 Å². The van der Waals surface area contributed by atoms with Crippen LogP contribution in [0.2, 0.25) is 5.02 Å². The van der Waals surface area contributed by atoms with Gasteiger partial charge in [0.15, 0.2) is 0 Å². The minimum atomic E-state index is -0.467. The maximum Gasteiger partial charge on any atom is 0.325 e. The first kappa shape index (κ1) is 26.4. The van der Waals surface area contributed by atoms with Crippen molar-refractivity contribution >= 4 is 29.5 Å². The average Bonchev–Trinajstić information content (AvgIpc) is 2.86. The molecule has 0 unspecified atom stereocenters. The highest BCUT2D eigenvalue weighted by Crippen LogP contribution is 2.15. The zero-order chi connectivity index (χ0) is 25.2. The molecule has 0 aliphatic carbocycles. The third-order valence-corrected chi connectivity index (χ3v) is 5.92. The maximum absolute atomic E-state index is 13.3. The summed E-state index contributed by atoms with van der Waals surface area (Å²) in [7, 11) is 0. The van der Waals surface area contributed by atoms with Crippen molar-refractivity contribution in [2.24, 2.45) is 0 Å². The third-order valence-electron chi connectivity index (χ3n) is 5.68. The highest BCUT2D eigenvalue weighted by molar-refractivity contribution is 6.30. The summed E-state index contributed by atoms with van der Waals surface area (Å²) in [5, 5.41) is 3.06. The Bertz CT molecular complexity index is 1010. The van der Waals surface area contributed by atoms with Crippen molar-refractivity contribution in [3.63, 3.8) is 0 Å². The van der Waals surface area contributed by atoms with E-state index in [4.69, 9.17) is 16.3 Å². The van der Waals surface area contributed by atoms with Gasteiger partial charge in [-0.15, -0.1) is 0 Å². The molecule has 35 heavy (non-hydrogen) atoms. The molecule has 2 aromatic rings. The number of ether oxygens (including phenoxy) is 1. The van der Waals surface area contributed by atoms with Crippen LogP contribution in [0.4, 0.5) is 9.18 Å². The number of hydrogen-bond acceptors (Lipinski definition) is 5. The smallest absolute Gasteiger partial charge is 0.325 e. The molecule has 0 radical (unpaired) electrons. The fourth-order valence-corrected chi connectivity index (χ4v) is 3.97. The number of carbonyl (C=O) groups is 3. The zero-order valence-electron chi connectivity index (χ0n) is 19.7. The third kappa shape index (κ3) is 8.22. The molecule has 2 aromatic carbocycles. The summed E-state index contributed by atoms with van der Waals surface area (Å²) >= 11 is 6.08. The van der Waals surface area contributed by atoms with Gasteiger partial charge in [0.1, 0.15) is 12.4 Å². The Labute approximate surface area is 209 Å². The zero-order valence-corrected chi connectivity index (χ0v) is 20.5. The van der Waals surface area contributed by atoms with Crippen molar-refractivity contribution in [1.82, 2.24) is 20.0 Å². The number of urea groups is 1. The number of esters is 1. The van der Waals surface area contributed by atoms with Gasteiger partial charge in [0.25, 0.3) is 5.91 Å². The Balaban J connectivity index is 1.55. The minimum absolute atomic E-state index is 0.156. The Kier molecular flexibility index (Phi) is 9.86. The number of carbonyl (C=O) groups excluding carboxylic acids is 3. The summed E-state index contributed by atoms with van der Waals surface area (Å²) < 4.78 is 18.2. The Hall–Kier alpha value is -3.17. The molecule has 3 rings (SSSR count). The van der Waals surface area contributed by atoms with Gasteiger partial charge in [-0.1, -0.05) is 29.8 Å². The van der Waals surface area contributed by atoms with Crippen molar-refractivity contribution in [2.75, 3.05) is 52.4 Å².